The summed E-state index contributed by atoms with van der Waals surface area (Å²) in [6.45, 7) is 4.66. The molecule has 2 heterocycles. The lowest BCUT2D eigenvalue weighted by atomic mass is 9.95. The number of piperidine rings is 1. The Balaban J connectivity index is 1.54. The molecule has 5 nitrogen and oxygen atoms in total. The molecule has 0 aromatic heterocycles. The lowest BCUT2D eigenvalue weighted by molar-refractivity contribution is -0.144. The highest BCUT2D eigenvalue weighted by Gasteiger charge is 2.33. The van der Waals surface area contributed by atoms with Crippen LogP contribution < -0.4 is 0 Å². The molecule has 1 atom stereocenters. The summed E-state index contributed by atoms with van der Waals surface area (Å²) in [5.41, 5.74) is 1.16. The van der Waals surface area contributed by atoms with Crippen molar-refractivity contribution in [1.29, 1.82) is 0 Å². The molecule has 0 N–H and O–H groups in total. The largest absolute Gasteiger partial charge is 0.342 e. The van der Waals surface area contributed by atoms with E-state index in [0.29, 0.717) is 25.9 Å². The van der Waals surface area contributed by atoms with Crippen molar-refractivity contribution in [2.75, 3.05) is 46.3 Å². The van der Waals surface area contributed by atoms with Crippen molar-refractivity contribution in [3.05, 3.63) is 34.9 Å². The van der Waals surface area contributed by atoms with E-state index in [1.54, 1.807) is 0 Å². The average Bonchev–Trinajstić information content (AvgIpc) is 2.62. The van der Waals surface area contributed by atoms with Gasteiger partial charge in [-0.25, -0.2) is 0 Å². The first-order valence-electron chi connectivity index (χ1n) is 9.02. The summed E-state index contributed by atoms with van der Waals surface area (Å²) in [6.07, 6.45) is 1.95. The van der Waals surface area contributed by atoms with Crippen LogP contribution in [-0.4, -0.2) is 72.8 Å². The van der Waals surface area contributed by atoms with Crippen molar-refractivity contribution in [2.45, 2.75) is 19.3 Å². The minimum Gasteiger partial charge on any atom is -0.342 e. The van der Waals surface area contributed by atoms with Gasteiger partial charge < -0.3 is 14.7 Å². The molecule has 0 bridgehead atoms. The predicted molar refractivity (Wildman–Crippen MR) is 98.5 cm³/mol. The van der Waals surface area contributed by atoms with E-state index >= 15 is 0 Å². The fourth-order valence-corrected chi connectivity index (χ4v) is 3.66. The van der Waals surface area contributed by atoms with E-state index in [9.17, 15) is 9.59 Å². The Labute approximate surface area is 154 Å². The third-order valence-electron chi connectivity index (χ3n) is 5.25. The van der Waals surface area contributed by atoms with Crippen molar-refractivity contribution in [2.24, 2.45) is 5.92 Å². The Morgan fingerprint density at radius 2 is 1.84 bits per heavy atom. The van der Waals surface area contributed by atoms with Crippen molar-refractivity contribution < 1.29 is 9.59 Å². The maximum atomic E-state index is 12.8. The number of hydrogen-bond donors (Lipinski definition) is 0. The van der Waals surface area contributed by atoms with Gasteiger partial charge >= 0.3 is 0 Å². The smallest absolute Gasteiger partial charge is 0.227 e. The fourth-order valence-electron chi connectivity index (χ4n) is 3.53. The molecule has 0 unspecified atom stereocenters. The Kier molecular flexibility index (Phi) is 5.97. The predicted octanol–water partition coefficient (Wildman–Crippen LogP) is 1.90. The van der Waals surface area contributed by atoms with E-state index in [1.165, 1.54) is 0 Å². The second-order valence-corrected chi connectivity index (χ2v) is 7.52. The number of amides is 2. The standard InChI is InChI=1S/C19H26ClN3O2/c1-21-10-12-22(13-11-21)19(25)16-4-7-18(24)23(14-16)9-8-15-2-5-17(20)6-3-15/h2-3,5-6,16H,4,7-14H2,1H3/t16-/m0/s1. The van der Waals surface area contributed by atoms with Gasteiger partial charge in [-0.2, -0.15) is 0 Å². The molecular formula is C19H26ClN3O2. The van der Waals surface area contributed by atoms with Crippen LogP contribution in [0.25, 0.3) is 0 Å². The summed E-state index contributed by atoms with van der Waals surface area (Å²) in [5, 5.41) is 0.718. The number of benzene rings is 1. The molecule has 2 fully saturated rings. The molecule has 2 amide bonds. The zero-order valence-corrected chi connectivity index (χ0v) is 15.5. The Bertz CT molecular complexity index is 612. The van der Waals surface area contributed by atoms with Crippen LogP contribution in [0.3, 0.4) is 0 Å². The molecule has 3 rings (SSSR count). The lowest BCUT2D eigenvalue weighted by Gasteiger charge is -2.38. The normalized spacial score (nSPS) is 22.3. The minimum absolute atomic E-state index is 0.0497. The number of carbonyl (C=O) groups is 2. The van der Waals surface area contributed by atoms with E-state index in [4.69, 9.17) is 11.6 Å². The number of likely N-dealkylation sites (tertiary alicyclic amines) is 1. The van der Waals surface area contributed by atoms with Gasteiger partial charge in [0.05, 0.1) is 5.92 Å². The number of halogens is 1. The van der Waals surface area contributed by atoms with Gasteiger partial charge in [-0.3, -0.25) is 9.59 Å². The number of carbonyl (C=O) groups excluding carboxylic acids is 2. The second-order valence-electron chi connectivity index (χ2n) is 7.08. The molecule has 0 radical (unpaired) electrons. The van der Waals surface area contributed by atoms with Crippen LogP contribution in [0.4, 0.5) is 0 Å². The van der Waals surface area contributed by atoms with Gasteiger partial charge in [0.15, 0.2) is 0 Å². The second kappa shape index (κ2) is 8.19. The summed E-state index contributed by atoms with van der Waals surface area (Å²) in [6, 6.07) is 7.72. The van der Waals surface area contributed by atoms with E-state index in [2.05, 4.69) is 11.9 Å². The van der Waals surface area contributed by atoms with Crippen LogP contribution in [0.15, 0.2) is 24.3 Å². The van der Waals surface area contributed by atoms with Crippen molar-refractivity contribution >= 4 is 23.4 Å². The Hall–Kier alpha value is -1.59. The number of piperazine rings is 1. The average molecular weight is 364 g/mol. The van der Waals surface area contributed by atoms with Crippen molar-refractivity contribution in [1.82, 2.24) is 14.7 Å². The van der Waals surface area contributed by atoms with Crippen LogP contribution in [0, 0.1) is 5.92 Å². The molecule has 25 heavy (non-hydrogen) atoms. The van der Waals surface area contributed by atoms with Crippen LogP contribution >= 0.6 is 11.6 Å². The van der Waals surface area contributed by atoms with Gasteiger partial charge in [-0.05, 0) is 37.6 Å². The first-order valence-corrected chi connectivity index (χ1v) is 9.40. The molecule has 2 aliphatic rings. The van der Waals surface area contributed by atoms with Gasteiger partial charge in [-0.1, -0.05) is 23.7 Å². The number of likely N-dealkylation sites (N-methyl/N-ethyl adjacent to an activating group) is 1. The van der Waals surface area contributed by atoms with Gasteiger partial charge in [0.1, 0.15) is 0 Å². The van der Waals surface area contributed by atoms with Crippen LogP contribution in [0.1, 0.15) is 18.4 Å². The lowest BCUT2D eigenvalue weighted by Crippen LogP contribution is -2.52. The first kappa shape index (κ1) is 18.2. The summed E-state index contributed by atoms with van der Waals surface area (Å²) in [4.78, 5) is 31.1. The van der Waals surface area contributed by atoms with Gasteiger partial charge in [0.2, 0.25) is 11.8 Å². The maximum Gasteiger partial charge on any atom is 0.227 e. The molecule has 136 valence electrons. The Morgan fingerprint density at radius 1 is 1.16 bits per heavy atom. The summed E-state index contributed by atoms with van der Waals surface area (Å²) in [5.74, 6) is 0.333. The highest BCUT2D eigenvalue weighted by Crippen LogP contribution is 2.21. The van der Waals surface area contributed by atoms with Gasteiger partial charge in [-0.15, -0.1) is 0 Å². The summed E-state index contributed by atoms with van der Waals surface area (Å²) in [7, 11) is 2.08. The molecule has 0 saturated carbocycles. The molecule has 1 aromatic rings. The maximum absolute atomic E-state index is 12.8. The highest BCUT2D eigenvalue weighted by atomic mass is 35.5. The summed E-state index contributed by atoms with van der Waals surface area (Å²) < 4.78 is 0. The van der Waals surface area contributed by atoms with Crippen LogP contribution in [0.5, 0.6) is 0 Å². The quantitative estimate of drug-likeness (QED) is 0.820. The number of rotatable bonds is 4. The molecule has 6 heteroatoms. The van der Waals surface area contributed by atoms with Crippen LogP contribution in [-0.2, 0) is 16.0 Å². The SMILES string of the molecule is CN1CCN(C(=O)[C@H]2CCC(=O)N(CCc3ccc(Cl)cc3)C2)CC1. The Morgan fingerprint density at radius 3 is 2.52 bits per heavy atom. The van der Waals surface area contributed by atoms with Crippen molar-refractivity contribution in [3.8, 4) is 0 Å². The van der Waals surface area contributed by atoms with Crippen molar-refractivity contribution in [3.63, 3.8) is 0 Å². The topological polar surface area (TPSA) is 43.9 Å². The van der Waals surface area contributed by atoms with Gasteiger partial charge in [0.25, 0.3) is 0 Å². The zero-order chi connectivity index (χ0) is 17.8. The van der Waals surface area contributed by atoms with E-state index in [-0.39, 0.29) is 17.7 Å². The molecule has 2 aliphatic heterocycles. The number of hydrogen-bond acceptors (Lipinski definition) is 3. The van der Waals surface area contributed by atoms with E-state index < -0.39 is 0 Å². The first-order chi connectivity index (χ1) is 12.0. The highest BCUT2D eigenvalue weighted by molar-refractivity contribution is 6.30. The monoisotopic (exact) mass is 363 g/mol. The summed E-state index contributed by atoms with van der Waals surface area (Å²) >= 11 is 5.91. The molecule has 0 spiro atoms. The molecule has 2 saturated heterocycles. The zero-order valence-electron chi connectivity index (χ0n) is 14.8. The number of nitrogens with zero attached hydrogens (tertiary/aromatic N) is 3. The minimum atomic E-state index is -0.0497. The van der Waals surface area contributed by atoms with Gasteiger partial charge in [0, 0.05) is 50.7 Å². The molecular weight excluding hydrogens is 338 g/mol. The third kappa shape index (κ3) is 4.73. The van der Waals surface area contributed by atoms with E-state index in [0.717, 1.165) is 43.2 Å². The fraction of sp³-hybridized carbons (Fsp3) is 0.579. The van der Waals surface area contributed by atoms with Crippen LogP contribution in [0.2, 0.25) is 5.02 Å². The third-order valence-corrected chi connectivity index (χ3v) is 5.50. The molecule has 0 aliphatic carbocycles. The molecule has 1 aromatic carbocycles. The van der Waals surface area contributed by atoms with E-state index in [1.807, 2.05) is 34.1 Å².